The lowest BCUT2D eigenvalue weighted by atomic mass is 10.0. The van der Waals surface area contributed by atoms with Crippen LogP contribution in [0.5, 0.6) is 0 Å². The second-order valence-electron chi connectivity index (χ2n) is 10.4. The Hall–Kier alpha value is -3.93. The molecule has 39 heavy (non-hydrogen) atoms. The molecule has 0 bridgehead atoms. The van der Waals surface area contributed by atoms with Gasteiger partial charge in [0.25, 0.3) is 0 Å². The molecule has 1 aliphatic rings. The Labute approximate surface area is 226 Å². The van der Waals surface area contributed by atoms with Crippen LogP contribution in [0.15, 0.2) is 30.5 Å². The van der Waals surface area contributed by atoms with Crippen molar-refractivity contribution in [2.75, 3.05) is 6.54 Å². The largest absolute Gasteiger partial charge is 0.481 e. The van der Waals surface area contributed by atoms with E-state index in [1.54, 1.807) is 6.20 Å². The van der Waals surface area contributed by atoms with Crippen molar-refractivity contribution in [2.24, 2.45) is 11.7 Å². The van der Waals surface area contributed by atoms with Crippen molar-refractivity contribution in [3.05, 3.63) is 36.0 Å². The summed E-state index contributed by atoms with van der Waals surface area (Å²) in [6.07, 6.45) is 2.47. The fourth-order valence-electron chi connectivity index (χ4n) is 4.92. The maximum absolute atomic E-state index is 13.4. The van der Waals surface area contributed by atoms with Gasteiger partial charge in [-0.25, -0.2) is 4.79 Å². The monoisotopic (exact) mass is 543 g/mol. The third kappa shape index (κ3) is 7.79. The third-order valence-electron chi connectivity index (χ3n) is 6.87. The van der Waals surface area contributed by atoms with Crippen molar-refractivity contribution >= 4 is 40.6 Å². The predicted octanol–water partition coefficient (Wildman–Crippen LogP) is 0.994. The van der Waals surface area contributed by atoms with Crippen molar-refractivity contribution in [2.45, 2.75) is 76.5 Å². The molecule has 12 heteroatoms. The summed E-state index contributed by atoms with van der Waals surface area (Å²) >= 11 is 0. The first-order chi connectivity index (χ1) is 18.5. The zero-order valence-electron chi connectivity index (χ0n) is 22.2. The molecule has 1 aromatic heterocycles. The van der Waals surface area contributed by atoms with Gasteiger partial charge in [-0.3, -0.25) is 19.2 Å². The number of carbonyl (C=O) groups excluding carboxylic acids is 3. The number of rotatable bonds is 13. The first-order valence-electron chi connectivity index (χ1n) is 13.1. The molecular formula is C27H37N5O7. The maximum Gasteiger partial charge on any atom is 0.326 e. The molecule has 2 aromatic rings. The number of para-hydroxylation sites is 1. The second kappa shape index (κ2) is 13.2. The molecule has 0 spiro atoms. The van der Waals surface area contributed by atoms with Crippen LogP contribution < -0.4 is 16.4 Å². The summed E-state index contributed by atoms with van der Waals surface area (Å²) < 4.78 is 0. The molecule has 212 valence electrons. The molecule has 0 radical (unpaired) electrons. The minimum absolute atomic E-state index is 0.0420. The molecular weight excluding hydrogens is 506 g/mol. The third-order valence-corrected chi connectivity index (χ3v) is 6.87. The number of aromatic amines is 1. The molecule has 0 saturated carbocycles. The van der Waals surface area contributed by atoms with Gasteiger partial charge >= 0.3 is 11.9 Å². The fourth-order valence-corrected chi connectivity index (χ4v) is 4.92. The van der Waals surface area contributed by atoms with Crippen LogP contribution in [0.2, 0.25) is 0 Å². The summed E-state index contributed by atoms with van der Waals surface area (Å²) in [7, 11) is 0. The Morgan fingerprint density at radius 2 is 1.82 bits per heavy atom. The number of benzene rings is 1. The molecule has 7 N–H and O–H groups in total. The van der Waals surface area contributed by atoms with Gasteiger partial charge in [-0.15, -0.1) is 0 Å². The number of aromatic nitrogens is 1. The zero-order valence-corrected chi connectivity index (χ0v) is 22.2. The van der Waals surface area contributed by atoms with E-state index in [2.05, 4.69) is 15.6 Å². The van der Waals surface area contributed by atoms with Crippen molar-refractivity contribution in [3.8, 4) is 0 Å². The highest BCUT2D eigenvalue weighted by molar-refractivity contribution is 5.95. The molecule has 4 atom stereocenters. The first kappa shape index (κ1) is 29.6. The van der Waals surface area contributed by atoms with Gasteiger partial charge in [-0.2, -0.15) is 0 Å². The Kier molecular flexibility index (Phi) is 10.0. The number of carboxylic acid groups (broad SMARTS) is 2. The minimum Gasteiger partial charge on any atom is -0.481 e. The van der Waals surface area contributed by atoms with E-state index in [0.717, 1.165) is 16.5 Å². The summed E-state index contributed by atoms with van der Waals surface area (Å²) in [6.45, 7) is 4.28. The highest BCUT2D eigenvalue weighted by Gasteiger charge is 2.38. The second-order valence-corrected chi connectivity index (χ2v) is 10.4. The van der Waals surface area contributed by atoms with Crippen molar-refractivity contribution in [1.29, 1.82) is 0 Å². The van der Waals surface area contributed by atoms with Crippen LogP contribution in [0, 0.1) is 5.92 Å². The van der Waals surface area contributed by atoms with Crippen molar-refractivity contribution in [3.63, 3.8) is 0 Å². The van der Waals surface area contributed by atoms with E-state index in [1.165, 1.54) is 4.90 Å². The fraction of sp³-hybridized carbons (Fsp3) is 0.519. The highest BCUT2D eigenvalue weighted by Crippen LogP contribution is 2.22. The van der Waals surface area contributed by atoms with Crippen molar-refractivity contribution in [1.82, 2.24) is 20.5 Å². The normalized spacial score (nSPS) is 17.5. The van der Waals surface area contributed by atoms with E-state index < -0.39 is 54.3 Å². The van der Waals surface area contributed by atoms with E-state index >= 15 is 0 Å². The van der Waals surface area contributed by atoms with Gasteiger partial charge < -0.3 is 36.5 Å². The van der Waals surface area contributed by atoms with E-state index in [4.69, 9.17) is 10.8 Å². The van der Waals surface area contributed by atoms with E-state index in [1.807, 2.05) is 38.1 Å². The number of nitrogens with zero attached hydrogens (tertiary/aromatic N) is 1. The van der Waals surface area contributed by atoms with E-state index in [9.17, 15) is 29.1 Å². The molecule has 3 amide bonds. The number of nitrogens with one attached hydrogen (secondary N) is 3. The van der Waals surface area contributed by atoms with Crippen molar-refractivity contribution < 1.29 is 34.2 Å². The van der Waals surface area contributed by atoms with Gasteiger partial charge in [0.2, 0.25) is 17.7 Å². The van der Waals surface area contributed by atoms with Gasteiger partial charge in [0.15, 0.2) is 0 Å². The Bertz CT molecular complexity index is 1210. The number of carboxylic acids is 2. The summed E-state index contributed by atoms with van der Waals surface area (Å²) in [5.74, 6) is -3.99. The predicted molar refractivity (Wildman–Crippen MR) is 143 cm³/mol. The van der Waals surface area contributed by atoms with Crippen LogP contribution in [-0.2, 0) is 30.4 Å². The van der Waals surface area contributed by atoms with Gasteiger partial charge in [0.1, 0.15) is 18.1 Å². The number of hydrogen-bond donors (Lipinski definition) is 6. The lowest BCUT2D eigenvalue weighted by Gasteiger charge is -2.29. The summed E-state index contributed by atoms with van der Waals surface area (Å²) in [6, 6.07) is 3.23. The molecule has 1 saturated heterocycles. The number of likely N-dealkylation sites (tertiary alicyclic amines) is 1. The van der Waals surface area contributed by atoms with Crippen LogP contribution in [0.3, 0.4) is 0 Å². The van der Waals surface area contributed by atoms with Crippen LogP contribution in [0.4, 0.5) is 0 Å². The number of carbonyl (C=O) groups is 5. The molecule has 1 aliphatic heterocycles. The number of hydrogen-bond acceptors (Lipinski definition) is 6. The summed E-state index contributed by atoms with van der Waals surface area (Å²) in [4.78, 5) is 66.9. The van der Waals surface area contributed by atoms with Gasteiger partial charge in [0, 0.05) is 36.5 Å². The summed E-state index contributed by atoms with van der Waals surface area (Å²) in [5.41, 5.74) is 7.65. The molecule has 4 unspecified atom stereocenters. The molecule has 0 aliphatic carbocycles. The summed E-state index contributed by atoms with van der Waals surface area (Å²) in [5, 5.41) is 24.4. The van der Waals surface area contributed by atoms with E-state index in [-0.39, 0.29) is 24.7 Å². The molecule has 1 fully saturated rings. The van der Waals surface area contributed by atoms with Crippen LogP contribution in [-0.4, -0.2) is 80.5 Å². The molecule has 1 aromatic carbocycles. The smallest absolute Gasteiger partial charge is 0.326 e. The Morgan fingerprint density at radius 1 is 1.10 bits per heavy atom. The minimum atomic E-state index is -1.45. The Balaban J connectivity index is 1.82. The zero-order chi connectivity index (χ0) is 28.7. The maximum atomic E-state index is 13.4. The number of fused-ring (bicyclic) bond motifs is 1. The number of nitrogens with two attached hydrogens (primary N) is 1. The lowest BCUT2D eigenvalue weighted by Crippen LogP contribution is -2.57. The van der Waals surface area contributed by atoms with Crippen LogP contribution in [0.1, 0.15) is 51.5 Å². The number of amides is 3. The number of H-pyrrole nitrogens is 1. The van der Waals surface area contributed by atoms with E-state index in [0.29, 0.717) is 25.8 Å². The average Bonchev–Trinajstić information content (AvgIpc) is 3.52. The molecule has 12 nitrogen and oxygen atoms in total. The number of aliphatic carboxylic acids is 2. The average molecular weight is 544 g/mol. The Morgan fingerprint density at radius 3 is 2.49 bits per heavy atom. The molecule has 3 rings (SSSR count). The standard InChI is InChI=1S/C27H37N5O7/c1-15(2)12-18(28)26(37)32-11-5-8-22(32)25(36)31-21(13-16-14-29-19-7-4-3-6-17(16)19)24(35)30-20(27(38)39)9-10-23(33)34/h3-4,6-7,14-15,18,20-22,29H,5,8-13,28H2,1-2H3,(H,30,35)(H,31,36)(H,33,34)(H,38,39). The quantitative estimate of drug-likeness (QED) is 0.215. The van der Waals surface area contributed by atoms with Gasteiger partial charge in [-0.1, -0.05) is 32.0 Å². The topological polar surface area (TPSA) is 195 Å². The van der Waals surface area contributed by atoms with Crippen LogP contribution >= 0.6 is 0 Å². The van der Waals surface area contributed by atoms with Gasteiger partial charge in [0.05, 0.1) is 6.04 Å². The first-order valence-corrected chi connectivity index (χ1v) is 13.1. The SMILES string of the molecule is CC(C)CC(N)C(=O)N1CCCC1C(=O)NC(Cc1c[nH]c2ccccc12)C(=O)NC(CCC(=O)O)C(=O)O. The van der Waals surface area contributed by atoms with Crippen LogP contribution in [0.25, 0.3) is 10.9 Å². The molecule has 2 heterocycles. The van der Waals surface area contributed by atoms with Gasteiger partial charge in [-0.05, 0) is 43.2 Å². The lowest BCUT2D eigenvalue weighted by molar-refractivity contribution is -0.144. The highest BCUT2D eigenvalue weighted by atomic mass is 16.4.